The zero-order valence-electron chi connectivity index (χ0n) is 16.5. The molecule has 1 unspecified atom stereocenters. The normalized spacial score (nSPS) is 16.0. The van der Waals surface area contributed by atoms with Gasteiger partial charge in [0.05, 0.1) is 12.6 Å². The van der Waals surface area contributed by atoms with Crippen molar-refractivity contribution in [2.45, 2.75) is 37.1 Å². The Morgan fingerprint density at radius 2 is 1.70 bits per heavy atom. The highest BCUT2D eigenvalue weighted by atomic mass is 35.5. The van der Waals surface area contributed by atoms with Crippen LogP contribution in [0.5, 0.6) is 0 Å². The summed E-state index contributed by atoms with van der Waals surface area (Å²) in [4.78, 5) is 2.38. The fourth-order valence-corrected chi connectivity index (χ4v) is 4.66. The van der Waals surface area contributed by atoms with Gasteiger partial charge in [-0.05, 0) is 67.9 Å². The van der Waals surface area contributed by atoms with Crippen LogP contribution in [0.2, 0.25) is 5.02 Å². The Hall–Kier alpha value is -1.93. The van der Waals surface area contributed by atoms with Gasteiger partial charge in [-0.25, -0.2) is 4.39 Å². The van der Waals surface area contributed by atoms with E-state index in [1.807, 2.05) is 16.7 Å². The molecule has 0 radical (unpaired) electrons. The maximum Gasteiger partial charge on any atom is 0.195 e. The minimum atomic E-state index is -0.656. The van der Waals surface area contributed by atoms with Crippen molar-refractivity contribution in [2.75, 3.05) is 18.8 Å². The fourth-order valence-electron chi connectivity index (χ4n) is 3.60. The molecule has 0 amide bonds. The van der Waals surface area contributed by atoms with Crippen molar-refractivity contribution >= 4 is 23.4 Å². The van der Waals surface area contributed by atoms with Crippen molar-refractivity contribution in [1.82, 2.24) is 19.7 Å². The number of likely N-dealkylation sites (tertiary alicyclic amines) is 1. The topological polar surface area (TPSA) is 54.2 Å². The van der Waals surface area contributed by atoms with E-state index >= 15 is 0 Å². The molecule has 2 aromatic carbocycles. The van der Waals surface area contributed by atoms with Gasteiger partial charge in [0.1, 0.15) is 5.82 Å². The molecule has 1 fully saturated rings. The lowest BCUT2D eigenvalue weighted by Crippen LogP contribution is -2.30. The number of piperidine rings is 1. The second-order valence-electron chi connectivity index (χ2n) is 7.43. The minimum Gasteiger partial charge on any atom is -0.388 e. The Morgan fingerprint density at radius 1 is 1.00 bits per heavy atom. The molecule has 8 heteroatoms. The lowest BCUT2D eigenvalue weighted by Gasteiger charge is -2.26. The van der Waals surface area contributed by atoms with Crippen LogP contribution in [-0.4, -0.2) is 43.6 Å². The molecule has 0 saturated carbocycles. The van der Waals surface area contributed by atoms with E-state index in [0.717, 1.165) is 30.2 Å². The quantitative estimate of drug-likeness (QED) is 0.524. The maximum absolute atomic E-state index is 13.5. The number of hydrogen-bond donors (Lipinski definition) is 1. The summed E-state index contributed by atoms with van der Waals surface area (Å²) >= 11 is 7.36. The van der Waals surface area contributed by atoms with E-state index in [1.54, 1.807) is 24.3 Å². The molecule has 1 aromatic heterocycles. The third-order valence-corrected chi connectivity index (χ3v) is 6.48. The third-order valence-electron chi connectivity index (χ3n) is 5.22. The first kappa shape index (κ1) is 21.3. The van der Waals surface area contributed by atoms with Crippen molar-refractivity contribution in [3.05, 3.63) is 70.8 Å². The molecule has 158 valence electrons. The summed E-state index contributed by atoms with van der Waals surface area (Å²) < 4.78 is 15.4. The van der Waals surface area contributed by atoms with Crippen LogP contribution < -0.4 is 0 Å². The molecule has 1 saturated heterocycles. The van der Waals surface area contributed by atoms with E-state index in [4.69, 9.17) is 11.6 Å². The molecule has 4 rings (SSSR count). The van der Waals surface area contributed by atoms with Crippen LogP contribution in [0.3, 0.4) is 0 Å². The largest absolute Gasteiger partial charge is 0.388 e. The van der Waals surface area contributed by atoms with E-state index < -0.39 is 6.10 Å². The Balaban J connectivity index is 1.55. The number of aliphatic hydroxyl groups excluding tert-OH is 1. The second-order valence-corrected chi connectivity index (χ2v) is 8.85. The highest BCUT2D eigenvalue weighted by molar-refractivity contribution is 7.99. The maximum atomic E-state index is 13.5. The van der Waals surface area contributed by atoms with Crippen molar-refractivity contribution in [2.24, 2.45) is 0 Å². The minimum absolute atomic E-state index is 0.281. The summed E-state index contributed by atoms with van der Waals surface area (Å²) in [6.07, 6.45) is 3.00. The van der Waals surface area contributed by atoms with Crippen molar-refractivity contribution in [3.63, 3.8) is 0 Å². The number of nitrogens with zero attached hydrogens (tertiary/aromatic N) is 4. The van der Waals surface area contributed by atoms with Crippen LogP contribution in [0.4, 0.5) is 4.39 Å². The molecule has 30 heavy (non-hydrogen) atoms. The van der Waals surface area contributed by atoms with Gasteiger partial charge in [0.25, 0.3) is 0 Å². The molecule has 1 atom stereocenters. The standard InChI is InChI=1S/C22H24ClFN4OS/c23-17-6-4-16(5-7-17)20(29)15-30-22-26-25-21(14-27-12-2-1-3-13-27)28(22)19-10-8-18(24)9-11-19/h4-11,20,29H,1-3,12-15H2. The summed E-state index contributed by atoms with van der Waals surface area (Å²) in [5.74, 6) is 0.966. The Bertz CT molecular complexity index is 958. The Kier molecular flexibility index (Phi) is 7.04. The number of aromatic nitrogens is 3. The van der Waals surface area contributed by atoms with Gasteiger partial charge < -0.3 is 5.11 Å². The van der Waals surface area contributed by atoms with Gasteiger partial charge in [0.15, 0.2) is 11.0 Å². The summed E-state index contributed by atoms with van der Waals surface area (Å²) in [6.45, 7) is 2.80. The number of rotatable bonds is 7. The smallest absolute Gasteiger partial charge is 0.195 e. The highest BCUT2D eigenvalue weighted by Gasteiger charge is 2.20. The van der Waals surface area contributed by atoms with E-state index in [0.29, 0.717) is 22.5 Å². The van der Waals surface area contributed by atoms with Crippen LogP contribution in [0.1, 0.15) is 36.8 Å². The van der Waals surface area contributed by atoms with Crippen LogP contribution in [0.25, 0.3) is 5.69 Å². The first-order chi connectivity index (χ1) is 14.6. The average Bonchev–Trinajstić information content (AvgIpc) is 3.16. The zero-order chi connectivity index (χ0) is 20.9. The molecule has 2 heterocycles. The lowest BCUT2D eigenvalue weighted by atomic mass is 10.1. The van der Waals surface area contributed by atoms with Gasteiger partial charge in [-0.2, -0.15) is 0 Å². The fraction of sp³-hybridized carbons (Fsp3) is 0.364. The van der Waals surface area contributed by atoms with Crippen molar-refractivity contribution in [1.29, 1.82) is 0 Å². The molecule has 1 N–H and O–H groups in total. The molecular weight excluding hydrogens is 423 g/mol. The van der Waals surface area contributed by atoms with Gasteiger partial charge in [0.2, 0.25) is 0 Å². The van der Waals surface area contributed by atoms with Crippen molar-refractivity contribution < 1.29 is 9.50 Å². The third kappa shape index (κ3) is 5.21. The van der Waals surface area contributed by atoms with Crippen LogP contribution >= 0.6 is 23.4 Å². The highest BCUT2D eigenvalue weighted by Crippen LogP contribution is 2.28. The average molecular weight is 447 g/mol. The number of thioether (sulfide) groups is 1. The van der Waals surface area contributed by atoms with Crippen molar-refractivity contribution in [3.8, 4) is 5.69 Å². The molecule has 5 nitrogen and oxygen atoms in total. The summed E-state index contributed by atoms with van der Waals surface area (Å²) in [5.41, 5.74) is 1.62. The Morgan fingerprint density at radius 3 is 2.40 bits per heavy atom. The van der Waals surface area contributed by atoms with Crippen LogP contribution in [-0.2, 0) is 6.54 Å². The summed E-state index contributed by atoms with van der Waals surface area (Å²) in [6, 6.07) is 13.5. The second kappa shape index (κ2) is 9.92. The molecule has 1 aliphatic rings. The predicted molar refractivity (Wildman–Crippen MR) is 118 cm³/mol. The monoisotopic (exact) mass is 446 g/mol. The summed E-state index contributed by atoms with van der Waals surface area (Å²) in [7, 11) is 0. The SMILES string of the molecule is OC(CSc1nnc(CN2CCCCC2)n1-c1ccc(F)cc1)c1ccc(Cl)cc1. The van der Waals surface area contributed by atoms with Gasteiger partial charge in [-0.3, -0.25) is 9.47 Å². The first-order valence-corrected chi connectivity index (χ1v) is 11.5. The van der Waals surface area contributed by atoms with Crippen LogP contribution in [0, 0.1) is 5.82 Å². The molecule has 0 bridgehead atoms. The lowest BCUT2D eigenvalue weighted by molar-refractivity contribution is 0.204. The first-order valence-electron chi connectivity index (χ1n) is 10.1. The molecule has 0 aliphatic carbocycles. The molecule has 3 aromatic rings. The molecule has 1 aliphatic heterocycles. The number of aliphatic hydroxyl groups is 1. The van der Waals surface area contributed by atoms with Gasteiger partial charge in [-0.15, -0.1) is 10.2 Å². The predicted octanol–water partition coefficient (Wildman–Crippen LogP) is 4.87. The molecular formula is C22H24ClFN4OS. The van der Waals surface area contributed by atoms with Gasteiger partial charge in [0, 0.05) is 16.5 Å². The van der Waals surface area contributed by atoms with Gasteiger partial charge >= 0.3 is 0 Å². The molecule has 0 spiro atoms. The summed E-state index contributed by atoms with van der Waals surface area (Å²) in [5, 5.41) is 20.7. The van der Waals surface area contributed by atoms with E-state index in [9.17, 15) is 9.50 Å². The zero-order valence-corrected chi connectivity index (χ0v) is 18.1. The van der Waals surface area contributed by atoms with E-state index in [2.05, 4.69) is 15.1 Å². The Labute approximate surface area is 184 Å². The van der Waals surface area contributed by atoms with Gasteiger partial charge in [-0.1, -0.05) is 41.9 Å². The van der Waals surface area contributed by atoms with E-state index in [-0.39, 0.29) is 5.82 Å². The number of hydrogen-bond acceptors (Lipinski definition) is 5. The number of benzene rings is 2. The van der Waals surface area contributed by atoms with Crippen LogP contribution in [0.15, 0.2) is 53.7 Å². The van der Waals surface area contributed by atoms with E-state index in [1.165, 1.54) is 43.2 Å². The number of halogens is 2.